The largest absolute Gasteiger partial charge is 0.399 e. The van der Waals surface area contributed by atoms with Crippen molar-refractivity contribution in [3.63, 3.8) is 0 Å². The minimum atomic E-state index is -0.628. The molecule has 0 saturated carbocycles. The number of rotatable bonds is 2. The number of nitrogens with one attached hydrogen (secondary N) is 1. The van der Waals surface area contributed by atoms with Crippen LogP contribution in [0.3, 0.4) is 0 Å². The number of halogens is 2. The number of hydrogen-bond donors (Lipinski definition) is 2. The molecule has 0 aromatic heterocycles. The number of hydrogen-bond acceptors (Lipinski definition) is 2. The molecule has 1 amide bonds. The van der Waals surface area contributed by atoms with E-state index in [4.69, 9.17) is 17.3 Å². The van der Waals surface area contributed by atoms with Crippen LogP contribution in [0.4, 0.5) is 15.8 Å². The lowest BCUT2D eigenvalue weighted by Gasteiger charge is -2.07. The maximum Gasteiger partial charge on any atom is 0.257 e. The first kappa shape index (κ1) is 12.4. The zero-order chi connectivity index (χ0) is 13.1. The van der Waals surface area contributed by atoms with Gasteiger partial charge in [-0.25, -0.2) is 4.39 Å². The van der Waals surface area contributed by atoms with E-state index in [9.17, 15) is 9.18 Å². The summed E-state index contributed by atoms with van der Waals surface area (Å²) in [7, 11) is 0. The predicted molar refractivity (Wildman–Crippen MR) is 70.2 cm³/mol. The Labute approximate surface area is 108 Å². The molecule has 0 aliphatic heterocycles. The Morgan fingerprint density at radius 1 is 1.22 bits per heavy atom. The van der Waals surface area contributed by atoms with Crippen molar-refractivity contribution < 1.29 is 9.18 Å². The standard InChI is InChI=1S/C13H10ClFN2O/c14-12-10(5-2-6-11(12)15)13(18)17-9-4-1-3-8(16)7-9/h1-7H,16H2,(H,17,18). The third-order valence-corrected chi connectivity index (χ3v) is 2.72. The van der Waals surface area contributed by atoms with Gasteiger partial charge in [0.05, 0.1) is 10.6 Å². The van der Waals surface area contributed by atoms with Crippen LogP contribution in [0.15, 0.2) is 42.5 Å². The van der Waals surface area contributed by atoms with E-state index in [2.05, 4.69) is 5.32 Å². The molecule has 3 N–H and O–H groups in total. The molecular weight excluding hydrogens is 255 g/mol. The summed E-state index contributed by atoms with van der Waals surface area (Å²) < 4.78 is 13.2. The van der Waals surface area contributed by atoms with E-state index in [1.807, 2.05) is 0 Å². The second-order valence-electron chi connectivity index (χ2n) is 3.68. The fraction of sp³-hybridized carbons (Fsp3) is 0. The molecule has 0 saturated heterocycles. The van der Waals surface area contributed by atoms with Crippen LogP contribution in [0.25, 0.3) is 0 Å². The first-order chi connectivity index (χ1) is 8.58. The number of benzene rings is 2. The Bertz CT molecular complexity index is 601. The molecule has 2 aromatic rings. The van der Waals surface area contributed by atoms with Crippen molar-refractivity contribution in [2.24, 2.45) is 0 Å². The van der Waals surface area contributed by atoms with Crippen LogP contribution >= 0.6 is 11.6 Å². The normalized spacial score (nSPS) is 10.1. The van der Waals surface area contributed by atoms with Crippen molar-refractivity contribution in [3.05, 3.63) is 58.9 Å². The predicted octanol–water partition coefficient (Wildman–Crippen LogP) is 3.31. The van der Waals surface area contributed by atoms with Gasteiger partial charge in [0.15, 0.2) is 0 Å². The van der Waals surface area contributed by atoms with Gasteiger partial charge in [0.25, 0.3) is 5.91 Å². The summed E-state index contributed by atoms with van der Waals surface area (Å²) >= 11 is 5.73. The molecule has 0 aliphatic carbocycles. The van der Waals surface area contributed by atoms with Crippen LogP contribution in [0.2, 0.25) is 5.02 Å². The second-order valence-corrected chi connectivity index (χ2v) is 4.06. The Balaban J connectivity index is 2.25. The van der Waals surface area contributed by atoms with E-state index < -0.39 is 11.7 Å². The summed E-state index contributed by atoms with van der Waals surface area (Å²) in [4.78, 5) is 11.9. The van der Waals surface area contributed by atoms with E-state index in [0.29, 0.717) is 11.4 Å². The molecule has 0 heterocycles. The molecule has 2 aromatic carbocycles. The van der Waals surface area contributed by atoms with Crippen LogP contribution in [-0.2, 0) is 0 Å². The summed E-state index contributed by atoms with van der Waals surface area (Å²) in [6.45, 7) is 0. The second kappa shape index (κ2) is 5.06. The molecule has 0 radical (unpaired) electrons. The lowest BCUT2D eigenvalue weighted by Crippen LogP contribution is -2.13. The number of carbonyl (C=O) groups excluding carboxylic acids is 1. The molecule has 0 atom stereocenters. The highest BCUT2D eigenvalue weighted by molar-refractivity contribution is 6.34. The number of nitrogens with two attached hydrogens (primary N) is 1. The van der Waals surface area contributed by atoms with Gasteiger partial charge in [0, 0.05) is 11.4 Å². The highest BCUT2D eigenvalue weighted by Gasteiger charge is 2.13. The Morgan fingerprint density at radius 2 is 1.94 bits per heavy atom. The molecular formula is C13H10ClFN2O. The molecule has 0 aliphatic rings. The summed E-state index contributed by atoms with van der Waals surface area (Å²) in [5, 5.41) is 2.40. The van der Waals surface area contributed by atoms with E-state index in [1.165, 1.54) is 18.2 Å². The van der Waals surface area contributed by atoms with Crippen LogP contribution < -0.4 is 11.1 Å². The zero-order valence-electron chi connectivity index (χ0n) is 9.28. The summed E-state index contributed by atoms with van der Waals surface area (Å²) in [6, 6.07) is 10.8. The number of anilines is 2. The third-order valence-electron chi connectivity index (χ3n) is 2.34. The van der Waals surface area contributed by atoms with Gasteiger partial charge in [-0.2, -0.15) is 0 Å². The molecule has 3 nitrogen and oxygen atoms in total. The lowest BCUT2D eigenvalue weighted by molar-refractivity contribution is 0.102. The highest BCUT2D eigenvalue weighted by Crippen LogP contribution is 2.21. The Morgan fingerprint density at radius 3 is 2.67 bits per heavy atom. The summed E-state index contributed by atoms with van der Waals surface area (Å²) in [6.07, 6.45) is 0. The van der Waals surface area contributed by atoms with Crippen LogP contribution in [0.5, 0.6) is 0 Å². The Kier molecular flexibility index (Phi) is 3.48. The fourth-order valence-corrected chi connectivity index (χ4v) is 1.71. The first-order valence-electron chi connectivity index (χ1n) is 5.19. The quantitative estimate of drug-likeness (QED) is 0.818. The summed E-state index contributed by atoms with van der Waals surface area (Å²) in [5.41, 5.74) is 6.73. The van der Waals surface area contributed by atoms with Crippen LogP contribution in [0.1, 0.15) is 10.4 Å². The fourth-order valence-electron chi connectivity index (χ4n) is 1.49. The highest BCUT2D eigenvalue weighted by atomic mass is 35.5. The van der Waals surface area contributed by atoms with Gasteiger partial charge >= 0.3 is 0 Å². The minimum Gasteiger partial charge on any atom is -0.399 e. The molecule has 0 unspecified atom stereocenters. The van der Waals surface area contributed by atoms with Crippen molar-refractivity contribution in [2.45, 2.75) is 0 Å². The molecule has 0 spiro atoms. The average molecular weight is 265 g/mol. The van der Waals surface area contributed by atoms with E-state index >= 15 is 0 Å². The summed E-state index contributed by atoms with van der Waals surface area (Å²) in [5.74, 6) is -1.11. The SMILES string of the molecule is Nc1cccc(NC(=O)c2cccc(F)c2Cl)c1. The number of nitrogen functional groups attached to an aromatic ring is 1. The maximum atomic E-state index is 13.2. The smallest absolute Gasteiger partial charge is 0.257 e. The van der Waals surface area contributed by atoms with Crippen LogP contribution in [0, 0.1) is 5.82 Å². The van der Waals surface area contributed by atoms with Crippen molar-refractivity contribution in [1.82, 2.24) is 0 Å². The Hall–Kier alpha value is -2.07. The molecule has 2 rings (SSSR count). The molecule has 0 fully saturated rings. The third kappa shape index (κ3) is 2.60. The average Bonchev–Trinajstić information content (AvgIpc) is 2.32. The number of carbonyl (C=O) groups is 1. The maximum absolute atomic E-state index is 13.2. The van der Waals surface area contributed by atoms with Gasteiger partial charge in [-0.1, -0.05) is 23.7 Å². The topological polar surface area (TPSA) is 55.1 Å². The molecule has 0 bridgehead atoms. The van der Waals surface area contributed by atoms with Crippen molar-refractivity contribution >= 4 is 28.9 Å². The molecule has 18 heavy (non-hydrogen) atoms. The number of amides is 1. The first-order valence-corrected chi connectivity index (χ1v) is 5.56. The van der Waals surface area contributed by atoms with Gasteiger partial charge in [-0.15, -0.1) is 0 Å². The zero-order valence-corrected chi connectivity index (χ0v) is 10.0. The molecule has 92 valence electrons. The van der Waals surface area contributed by atoms with E-state index in [0.717, 1.165) is 0 Å². The minimum absolute atomic E-state index is 0.0825. The van der Waals surface area contributed by atoms with Crippen molar-refractivity contribution in [3.8, 4) is 0 Å². The van der Waals surface area contributed by atoms with Gasteiger partial charge in [-0.3, -0.25) is 4.79 Å². The molecule has 5 heteroatoms. The van der Waals surface area contributed by atoms with Gasteiger partial charge in [0.1, 0.15) is 5.82 Å². The van der Waals surface area contributed by atoms with Crippen LogP contribution in [-0.4, -0.2) is 5.91 Å². The van der Waals surface area contributed by atoms with Crippen molar-refractivity contribution in [2.75, 3.05) is 11.1 Å². The van der Waals surface area contributed by atoms with Gasteiger partial charge in [0.2, 0.25) is 0 Å². The lowest BCUT2D eigenvalue weighted by atomic mass is 10.2. The van der Waals surface area contributed by atoms with E-state index in [1.54, 1.807) is 24.3 Å². The van der Waals surface area contributed by atoms with Crippen molar-refractivity contribution in [1.29, 1.82) is 0 Å². The van der Waals surface area contributed by atoms with Gasteiger partial charge < -0.3 is 11.1 Å². The van der Waals surface area contributed by atoms with Gasteiger partial charge in [-0.05, 0) is 30.3 Å². The van der Waals surface area contributed by atoms with E-state index in [-0.39, 0.29) is 10.6 Å². The monoisotopic (exact) mass is 264 g/mol.